The number of nitrogens with one attached hydrogen (secondary N) is 2. The number of aromatic nitrogens is 3. The average molecular weight is 751 g/mol. The number of hydrogen-bond acceptors (Lipinski definition) is 10. The van der Waals surface area contributed by atoms with Crippen LogP contribution >= 0.6 is 0 Å². The summed E-state index contributed by atoms with van der Waals surface area (Å²) in [5.41, 5.74) is -0.348. The Hall–Kier alpha value is -5.88. The molecule has 3 N–H and O–H groups in total. The molecule has 13 nitrogen and oxygen atoms in total. The van der Waals surface area contributed by atoms with E-state index in [-0.39, 0.29) is 76.1 Å². The minimum absolute atomic E-state index is 0.0000825. The number of pyridine rings is 1. The normalized spacial score (nSPS) is 20.0. The molecule has 8 rings (SSSR count). The van der Waals surface area contributed by atoms with Gasteiger partial charge in [0.2, 0.25) is 17.7 Å². The molecule has 6 heterocycles. The van der Waals surface area contributed by atoms with Crippen LogP contribution < -0.4 is 20.3 Å². The monoisotopic (exact) mass is 750 g/mol. The molecule has 4 saturated heterocycles. The van der Waals surface area contributed by atoms with E-state index in [0.717, 1.165) is 57.7 Å². The van der Waals surface area contributed by atoms with E-state index in [1.807, 2.05) is 4.90 Å². The van der Waals surface area contributed by atoms with Gasteiger partial charge in [0, 0.05) is 42.3 Å². The summed E-state index contributed by atoms with van der Waals surface area (Å²) in [5.74, 6) is -0.130. The third kappa shape index (κ3) is 6.54. The molecule has 2 aromatic heterocycles. The van der Waals surface area contributed by atoms with E-state index in [1.54, 1.807) is 4.90 Å². The van der Waals surface area contributed by atoms with E-state index in [9.17, 15) is 23.9 Å². The van der Waals surface area contributed by atoms with Crippen LogP contribution in [-0.4, -0.2) is 111 Å². The Morgan fingerprint density at radius 2 is 1.82 bits per heavy atom. The zero-order valence-corrected chi connectivity index (χ0v) is 30.1. The van der Waals surface area contributed by atoms with Gasteiger partial charge in [0.1, 0.15) is 35.2 Å². The molecule has 0 radical (unpaired) electrons. The molecule has 284 valence electrons. The maximum absolute atomic E-state index is 17.1. The molecule has 0 aliphatic carbocycles. The summed E-state index contributed by atoms with van der Waals surface area (Å²) in [4.78, 5) is 57.3. The van der Waals surface area contributed by atoms with E-state index >= 15 is 4.39 Å². The highest BCUT2D eigenvalue weighted by Crippen LogP contribution is 2.42. The Labute approximate surface area is 315 Å². The van der Waals surface area contributed by atoms with Gasteiger partial charge in [0.15, 0.2) is 5.82 Å². The Balaban J connectivity index is 1.14. The van der Waals surface area contributed by atoms with E-state index in [4.69, 9.17) is 16.1 Å². The summed E-state index contributed by atoms with van der Waals surface area (Å²) in [6.45, 7) is 5.93. The first kappa shape index (κ1) is 36.1. The van der Waals surface area contributed by atoms with E-state index in [2.05, 4.69) is 38.0 Å². The second-order valence-corrected chi connectivity index (χ2v) is 14.7. The highest BCUT2D eigenvalue weighted by molar-refractivity contribution is 6.03. The maximum Gasteiger partial charge on any atom is 0.319 e. The number of carbonyl (C=O) groups is 3. The lowest BCUT2D eigenvalue weighted by Gasteiger charge is -2.42. The van der Waals surface area contributed by atoms with Crippen LogP contribution in [0.15, 0.2) is 43.1 Å². The van der Waals surface area contributed by atoms with Crippen LogP contribution in [0.5, 0.6) is 11.8 Å². The van der Waals surface area contributed by atoms with Crippen molar-refractivity contribution in [3.05, 3.63) is 60.3 Å². The van der Waals surface area contributed by atoms with Gasteiger partial charge in [-0.1, -0.05) is 18.6 Å². The van der Waals surface area contributed by atoms with E-state index in [0.29, 0.717) is 36.3 Å². The van der Waals surface area contributed by atoms with Crippen LogP contribution in [0.25, 0.3) is 32.9 Å². The summed E-state index contributed by atoms with van der Waals surface area (Å²) in [6, 6.07) is 4.97. The van der Waals surface area contributed by atoms with Crippen molar-refractivity contribution in [3.63, 3.8) is 0 Å². The number of phenols is 1. The number of benzene rings is 2. The molecule has 0 saturated carbocycles. The molecule has 2 atom stereocenters. The zero-order chi connectivity index (χ0) is 38.4. The largest absolute Gasteiger partial charge is 0.508 e. The van der Waals surface area contributed by atoms with Crippen molar-refractivity contribution in [1.29, 1.82) is 0 Å². The predicted octanol–water partition coefficient (Wildman–Crippen LogP) is 3.42. The fraction of sp³-hybridized carbons (Fsp3) is 0.400. The number of piperazine rings is 1. The van der Waals surface area contributed by atoms with Crippen LogP contribution in [0, 0.1) is 24.0 Å². The molecule has 4 fully saturated rings. The fourth-order valence-electron chi connectivity index (χ4n) is 8.98. The summed E-state index contributed by atoms with van der Waals surface area (Å²) >= 11 is 0. The van der Waals surface area contributed by atoms with E-state index < -0.39 is 23.4 Å². The first-order valence-corrected chi connectivity index (χ1v) is 18.5. The van der Waals surface area contributed by atoms with Crippen molar-refractivity contribution >= 4 is 45.2 Å². The minimum atomic E-state index is -0.816. The molecule has 15 heteroatoms. The molecule has 2 aromatic carbocycles. The van der Waals surface area contributed by atoms with Crippen molar-refractivity contribution in [1.82, 2.24) is 35.4 Å². The second kappa shape index (κ2) is 14.4. The number of ether oxygens (including phenoxy) is 1. The smallest absolute Gasteiger partial charge is 0.319 e. The molecule has 0 spiro atoms. The number of carbonyl (C=O) groups excluding carboxylic acids is 3. The molecule has 2 unspecified atom stereocenters. The molecule has 4 aromatic rings. The van der Waals surface area contributed by atoms with Crippen LogP contribution in [-0.2, 0) is 14.4 Å². The quantitative estimate of drug-likeness (QED) is 0.163. The third-order valence-corrected chi connectivity index (χ3v) is 11.5. The van der Waals surface area contributed by atoms with Gasteiger partial charge in [-0.2, -0.15) is 9.97 Å². The van der Waals surface area contributed by atoms with Gasteiger partial charge in [0.05, 0.1) is 29.6 Å². The molecule has 55 heavy (non-hydrogen) atoms. The average Bonchev–Trinajstić information content (AvgIpc) is 3.85. The maximum atomic E-state index is 17.1. The second-order valence-electron chi connectivity index (χ2n) is 14.7. The SMILES string of the molecule is C#Cc1c(F)ccc2cc(O)cc(-c3ncc4c(N5CC6CCC(C5)N6C(=O)CNC(=O)CNC(=O)C=C)nc(OCC56CCCN5CCC6)nc4c3F)c12. The van der Waals surface area contributed by atoms with Gasteiger partial charge in [0.25, 0.3) is 0 Å². The minimum Gasteiger partial charge on any atom is -0.508 e. The summed E-state index contributed by atoms with van der Waals surface area (Å²) < 4.78 is 38.4. The molecule has 2 bridgehead atoms. The summed E-state index contributed by atoms with van der Waals surface area (Å²) in [6.07, 6.45) is 13.8. The number of aromatic hydroxyl groups is 1. The van der Waals surface area contributed by atoms with Crippen LogP contribution in [0.2, 0.25) is 0 Å². The van der Waals surface area contributed by atoms with Crippen LogP contribution in [0.1, 0.15) is 44.1 Å². The molecular weight excluding hydrogens is 710 g/mol. The first-order chi connectivity index (χ1) is 26.6. The number of amides is 3. The Morgan fingerprint density at radius 3 is 2.53 bits per heavy atom. The first-order valence-electron chi connectivity index (χ1n) is 18.5. The number of anilines is 1. The van der Waals surface area contributed by atoms with Crippen molar-refractivity contribution in [2.75, 3.05) is 50.8 Å². The van der Waals surface area contributed by atoms with Crippen LogP contribution in [0.3, 0.4) is 0 Å². The lowest BCUT2D eigenvalue weighted by atomic mass is 9.95. The fourth-order valence-corrected chi connectivity index (χ4v) is 8.98. The molecule has 3 amide bonds. The highest BCUT2D eigenvalue weighted by atomic mass is 19.1. The highest BCUT2D eigenvalue weighted by Gasteiger charge is 2.46. The number of rotatable bonds is 10. The lowest BCUT2D eigenvalue weighted by molar-refractivity contribution is -0.135. The number of phenolic OH excluding ortho intramolecular Hbond substituents is 1. The standard InChI is InChI=1S/C40H40F2N8O5/c1-3-27-30(41)10-7-23-15-26(51)16-28(34(23)27)36-35(42)37-29(17-45-36)38(47-39(46-37)55-22-40-11-5-13-49(40)14-6-12-40)48-20-24-8-9-25(21-48)50(24)33(54)19-44-32(53)18-43-31(52)4-2/h1,4,7,10,15-17,24-25,51H,2,5-6,8-9,11-14,18-22H2,(H,43,52)(H,44,53). The summed E-state index contributed by atoms with van der Waals surface area (Å²) in [5, 5.41) is 16.5. The van der Waals surface area contributed by atoms with E-state index in [1.165, 1.54) is 30.5 Å². The molecule has 4 aliphatic heterocycles. The van der Waals surface area contributed by atoms with Crippen molar-refractivity contribution in [3.8, 4) is 35.4 Å². The molecule has 4 aliphatic rings. The number of fused-ring (bicyclic) bond motifs is 5. The number of terminal acetylenes is 1. The lowest BCUT2D eigenvalue weighted by Crippen LogP contribution is -2.58. The Bertz CT molecular complexity index is 2270. The van der Waals surface area contributed by atoms with Crippen molar-refractivity contribution < 1.29 is 33.0 Å². The Morgan fingerprint density at radius 1 is 1.07 bits per heavy atom. The van der Waals surface area contributed by atoms with Gasteiger partial charge < -0.3 is 30.3 Å². The van der Waals surface area contributed by atoms with Gasteiger partial charge in [-0.25, -0.2) is 8.78 Å². The Kier molecular flexibility index (Phi) is 9.46. The van der Waals surface area contributed by atoms with Crippen molar-refractivity contribution in [2.45, 2.75) is 56.1 Å². The van der Waals surface area contributed by atoms with Crippen LogP contribution in [0.4, 0.5) is 14.6 Å². The zero-order valence-electron chi connectivity index (χ0n) is 30.1. The third-order valence-electron chi connectivity index (χ3n) is 11.5. The van der Waals surface area contributed by atoms with Gasteiger partial charge in [-0.15, -0.1) is 6.42 Å². The summed E-state index contributed by atoms with van der Waals surface area (Å²) in [7, 11) is 0. The number of nitrogens with zero attached hydrogens (tertiary/aromatic N) is 6. The van der Waals surface area contributed by atoms with Gasteiger partial charge in [-0.05, 0) is 81.3 Å². The van der Waals surface area contributed by atoms with Gasteiger partial charge in [-0.3, -0.25) is 24.3 Å². The number of hydrogen-bond donors (Lipinski definition) is 3. The van der Waals surface area contributed by atoms with Gasteiger partial charge >= 0.3 is 6.01 Å². The predicted molar refractivity (Wildman–Crippen MR) is 200 cm³/mol. The molecular formula is C40H40F2N8O5. The topological polar surface area (TPSA) is 153 Å². The number of halogens is 2. The van der Waals surface area contributed by atoms with Crippen molar-refractivity contribution in [2.24, 2.45) is 0 Å².